The third-order valence-electron chi connectivity index (χ3n) is 8.14. The van der Waals surface area contributed by atoms with Crippen molar-refractivity contribution in [3.63, 3.8) is 0 Å². The number of hydrogen-bond acceptors (Lipinski definition) is 10. The van der Waals surface area contributed by atoms with E-state index < -0.39 is 47.1 Å². The molecule has 0 radical (unpaired) electrons. The molecule has 0 aliphatic carbocycles. The summed E-state index contributed by atoms with van der Waals surface area (Å²) in [4.78, 5) is 17.1. The molecule has 0 saturated heterocycles. The van der Waals surface area contributed by atoms with Gasteiger partial charge in [-0.3, -0.25) is 4.98 Å². The second-order valence-electron chi connectivity index (χ2n) is 12.7. The van der Waals surface area contributed by atoms with Crippen LogP contribution in [0.25, 0.3) is 22.8 Å². The first-order valence-electron chi connectivity index (χ1n) is 17.2. The van der Waals surface area contributed by atoms with Gasteiger partial charge < -0.3 is 20.8 Å². The van der Waals surface area contributed by atoms with Crippen molar-refractivity contribution in [2.45, 2.75) is 72.8 Å². The SMILES string of the molecule is CCC(O)Cn1nc(Nc2ccc(F)c(F)c2F)nc1-c1cc(C)nc(C)c1.CCC(O)Cn1nc(Nc2ccc(F)c(F)c2F)nc1-c1cc(C)nc(Cl)c1. The highest BCUT2D eigenvalue weighted by atomic mass is 35.5. The summed E-state index contributed by atoms with van der Waals surface area (Å²) in [5, 5.41) is 33.9. The number of halogens is 7. The van der Waals surface area contributed by atoms with Gasteiger partial charge in [0.25, 0.3) is 0 Å². The molecule has 0 bridgehead atoms. The second-order valence-corrected chi connectivity index (χ2v) is 13.0. The molecule has 0 spiro atoms. The Labute approximate surface area is 322 Å². The fraction of sp³-hybridized carbons (Fsp3) is 0.297. The molecular weight excluding hydrogens is 766 g/mol. The monoisotopic (exact) mass is 802 g/mol. The van der Waals surface area contributed by atoms with E-state index in [1.807, 2.05) is 39.8 Å². The van der Waals surface area contributed by atoms with Gasteiger partial charge in [-0.1, -0.05) is 25.4 Å². The van der Waals surface area contributed by atoms with Gasteiger partial charge in [-0.25, -0.2) is 40.7 Å². The highest BCUT2D eigenvalue weighted by molar-refractivity contribution is 6.29. The van der Waals surface area contributed by atoms with E-state index in [0.29, 0.717) is 35.7 Å². The molecule has 56 heavy (non-hydrogen) atoms. The maximum atomic E-state index is 14.0. The zero-order valence-electron chi connectivity index (χ0n) is 30.7. The number of aromatic nitrogens is 8. The van der Waals surface area contributed by atoms with Gasteiger partial charge in [0.1, 0.15) is 5.15 Å². The quantitative estimate of drug-likeness (QED) is 0.0543. The van der Waals surface area contributed by atoms with Crippen molar-refractivity contribution in [2.75, 3.05) is 10.6 Å². The lowest BCUT2D eigenvalue weighted by molar-refractivity contribution is 0.145. The molecule has 0 aliphatic rings. The van der Waals surface area contributed by atoms with E-state index in [2.05, 4.69) is 40.8 Å². The molecule has 4 aromatic heterocycles. The van der Waals surface area contributed by atoms with Gasteiger partial charge in [0.05, 0.1) is 36.7 Å². The van der Waals surface area contributed by atoms with Crippen molar-refractivity contribution in [3.05, 3.63) is 106 Å². The summed E-state index contributed by atoms with van der Waals surface area (Å²) < 4.78 is 84.0. The summed E-state index contributed by atoms with van der Waals surface area (Å²) in [5.41, 5.74) is 2.91. The van der Waals surface area contributed by atoms with E-state index >= 15 is 0 Å². The predicted octanol–water partition coefficient (Wildman–Crippen LogP) is 8.12. The molecule has 19 heteroatoms. The molecule has 0 amide bonds. The molecule has 0 aliphatic heterocycles. The van der Waals surface area contributed by atoms with E-state index in [9.17, 15) is 36.6 Å². The van der Waals surface area contributed by atoms with Gasteiger partial charge in [0.15, 0.2) is 46.6 Å². The summed E-state index contributed by atoms with van der Waals surface area (Å²) >= 11 is 6.01. The normalized spacial score (nSPS) is 12.2. The predicted molar refractivity (Wildman–Crippen MR) is 198 cm³/mol. The van der Waals surface area contributed by atoms with E-state index in [0.717, 1.165) is 41.2 Å². The van der Waals surface area contributed by atoms with Gasteiger partial charge in [-0.15, -0.1) is 10.2 Å². The lowest BCUT2D eigenvalue weighted by Gasteiger charge is -2.10. The fourth-order valence-electron chi connectivity index (χ4n) is 5.34. The largest absolute Gasteiger partial charge is 0.391 e. The van der Waals surface area contributed by atoms with Crippen molar-refractivity contribution < 1.29 is 36.6 Å². The Hall–Kier alpha value is -5.59. The van der Waals surface area contributed by atoms with Crippen LogP contribution in [0.3, 0.4) is 0 Å². The van der Waals surface area contributed by atoms with Crippen LogP contribution < -0.4 is 10.6 Å². The summed E-state index contributed by atoms with van der Waals surface area (Å²) in [6.07, 6.45) is -0.353. The van der Waals surface area contributed by atoms with E-state index in [4.69, 9.17) is 11.6 Å². The van der Waals surface area contributed by atoms with Crippen LogP contribution in [0.2, 0.25) is 5.15 Å². The molecule has 12 nitrogen and oxygen atoms in total. The molecule has 0 saturated carbocycles. The number of pyridine rings is 2. The molecule has 0 fully saturated rings. The summed E-state index contributed by atoms with van der Waals surface area (Å²) in [7, 11) is 0. The number of rotatable bonds is 12. The number of anilines is 4. The molecular formula is C37H37ClF6N10O2. The van der Waals surface area contributed by atoms with E-state index in [-0.39, 0.29) is 41.5 Å². The Morgan fingerprint density at radius 1 is 0.589 bits per heavy atom. The Morgan fingerprint density at radius 2 is 0.982 bits per heavy atom. The third-order valence-corrected chi connectivity index (χ3v) is 8.33. The van der Waals surface area contributed by atoms with Gasteiger partial charge in [-0.2, -0.15) is 9.97 Å². The van der Waals surface area contributed by atoms with Crippen LogP contribution in [0.15, 0.2) is 48.5 Å². The number of aliphatic hydroxyl groups excluding tert-OH is 2. The van der Waals surface area contributed by atoms with Crippen molar-refractivity contribution in [1.82, 2.24) is 39.5 Å². The van der Waals surface area contributed by atoms with E-state index in [1.54, 1.807) is 19.1 Å². The van der Waals surface area contributed by atoms with Crippen LogP contribution >= 0.6 is 11.6 Å². The smallest absolute Gasteiger partial charge is 0.247 e. The lowest BCUT2D eigenvalue weighted by Crippen LogP contribution is -2.17. The van der Waals surface area contributed by atoms with Crippen LogP contribution in [-0.4, -0.2) is 61.9 Å². The number of nitrogens with zero attached hydrogens (tertiary/aromatic N) is 8. The van der Waals surface area contributed by atoms with Gasteiger partial charge in [-0.05, 0) is 82.1 Å². The minimum absolute atomic E-state index is 0.00432. The Kier molecular flexibility index (Phi) is 13.3. The molecule has 4 heterocycles. The van der Waals surface area contributed by atoms with Crippen molar-refractivity contribution in [1.29, 1.82) is 0 Å². The van der Waals surface area contributed by atoms with Crippen molar-refractivity contribution in [2.24, 2.45) is 0 Å². The summed E-state index contributed by atoms with van der Waals surface area (Å²) in [6.45, 7) is 9.37. The third kappa shape index (κ3) is 9.98. The van der Waals surface area contributed by atoms with Crippen molar-refractivity contribution >= 4 is 34.9 Å². The first kappa shape index (κ1) is 41.6. The maximum absolute atomic E-state index is 14.0. The maximum Gasteiger partial charge on any atom is 0.247 e. The number of nitrogens with one attached hydrogen (secondary N) is 2. The van der Waals surface area contributed by atoms with Crippen LogP contribution in [0.4, 0.5) is 49.6 Å². The minimum Gasteiger partial charge on any atom is -0.391 e. The molecule has 296 valence electrons. The molecule has 2 aromatic carbocycles. The topological polar surface area (TPSA) is 152 Å². The zero-order valence-corrected chi connectivity index (χ0v) is 31.5. The van der Waals surface area contributed by atoms with Gasteiger partial charge >= 0.3 is 0 Å². The number of benzene rings is 2. The second kappa shape index (κ2) is 17.9. The zero-order chi connectivity index (χ0) is 40.8. The van der Waals surface area contributed by atoms with Crippen LogP contribution in [-0.2, 0) is 13.1 Å². The standard InChI is InChI=1S/C19H20F3N5O.C18H17ClF3N5O/c1-4-13(28)9-27-18(12-7-10(2)23-11(3)8-12)25-19(26-27)24-15-6-5-14(20)16(21)17(15)22;1-3-11(28)8-27-17(10-6-9(2)23-14(19)7-10)25-18(26-27)24-13-5-4-12(20)15(21)16(13)22/h5-8,13,28H,4,9H2,1-3H3,(H,24,26);4-7,11,28H,3,8H2,1-2H3,(H,24,26). The van der Waals surface area contributed by atoms with Crippen LogP contribution in [0, 0.1) is 55.7 Å². The molecule has 2 unspecified atom stereocenters. The van der Waals surface area contributed by atoms with Crippen LogP contribution in [0.5, 0.6) is 0 Å². The van der Waals surface area contributed by atoms with E-state index in [1.165, 1.54) is 9.36 Å². The first-order valence-corrected chi connectivity index (χ1v) is 17.6. The minimum atomic E-state index is -1.59. The fourth-order valence-corrected chi connectivity index (χ4v) is 5.59. The highest BCUT2D eigenvalue weighted by Crippen LogP contribution is 2.28. The molecule has 2 atom stereocenters. The number of aryl methyl sites for hydroxylation is 3. The average Bonchev–Trinajstić information content (AvgIpc) is 3.74. The van der Waals surface area contributed by atoms with Crippen molar-refractivity contribution in [3.8, 4) is 22.8 Å². The Bertz CT molecular complexity index is 2140. The summed E-state index contributed by atoms with van der Waals surface area (Å²) in [5.74, 6) is -7.75. The number of hydrogen-bond donors (Lipinski definition) is 4. The highest BCUT2D eigenvalue weighted by Gasteiger charge is 2.21. The van der Waals surface area contributed by atoms with Crippen LogP contribution in [0.1, 0.15) is 43.8 Å². The average molecular weight is 803 g/mol. The molecule has 6 aromatic rings. The summed E-state index contributed by atoms with van der Waals surface area (Å²) in [6, 6.07) is 10.7. The first-order chi connectivity index (χ1) is 26.6. The Morgan fingerprint density at radius 3 is 1.38 bits per heavy atom. The lowest BCUT2D eigenvalue weighted by atomic mass is 10.2. The van der Waals surface area contributed by atoms with Gasteiger partial charge in [0, 0.05) is 28.2 Å². The van der Waals surface area contributed by atoms with Gasteiger partial charge in [0.2, 0.25) is 11.9 Å². The molecule has 4 N–H and O–H groups in total. The molecule has 6 rings (SSSR count). The Balaban J connectivity index is 0.000000214. The number of aliphatic hydroxyl groups is 2.